The Morgan fingerprint density at radius 1 is 1.45 bits per heavy atom. The van der Waals surface area contributed by atoms with E-state index in [1.165, 1.54) is 27.5 Å². The Bertz CT molecular complexity index is 783. The number of anilines is 1. The molecule has 3 heterocycles. The fourth-order valence-electron chi connectivity index (χ4n) is 1.73. The third-order valence-electron chi connectivity index (χ3n) is 2.50. The van der Waals surface area contributed by atoms with E-state index >= 15 is 0 Å². The van der Waals surface area contributed by atoms with E-state index in [4.69, 9.17) is 5.73 Å². The van der Waals surface area contributed by atoms with Crippen LogP contribution in [0.15, 0.2) is 28.7 Å². The average molecular weight is 308 g/mol. The highest BCUT2D eigenvalue weighted by Crippen LogP contribution is 2.30. The minimum absolute atomic E-state index is 0.0226. The lowest BCUT2D eigenvalue weighted by atomic mass is 10.5. The Morgan fingerprint density at radius 3 is 3.00 bits per heavy atom. The molecule has 0 saturated carbocycles. The molecule has 0 amide bonds. The number of nitro groups is 1. The van der Waals surface area contributed by atoms with Crippen LogP contribution in [-0.4, -0.2) is 24.5 Å². The number of fused-ring (bicyclic) bond motifs is 1. The summed E-state index contributed by atoms with van der Waals surface area (Å²) in [6.07, 6.45) is 1.62. The summed E-state index contributed by atoms with van der Waals surface area (Å²) in [5.74, 6) is 0.317. The molecule has 0 aliphatic heterocycles. The van der Waals surface area contributed by atoms with Crippen molar-refractivity contribution < 1.29 is 4.92 Å². The standard InChI is InChI=1S/C10H8N6O2S2/c11-9-13-14-10(20-9)19-5-6-8(16(17)18)15-4-2-1-3-7(15)12-6/h1-4H,5H2,(H2,11,13). The lowest BCUT2D eigenvalue weighted by molar-refractivity contribution is -0.391. The Kier molecular flexibility index (Phi) is 3.24. The summed E-state index contributed by atoms with van der Waals surface area (Å²) in [4.78, 5) is 15.1. The number of nitrogens with two attached hydrogens (primary N) is 1. The van der Waals surface area contributed by atoms with Crippen molar-refractivity contribution in [1.29, 1.82) is 0 Å². The van der Waals surface area contributed by atoms with Crippen LogP contribution in [0, 0.1) is 10.1 Å². The van der Waals surface area contributed by atoms with Gasteiger partial charge in [0.1, 0.15) is 5.69 Å². The molecule has 0 aromatic carbocycles. The van der Waals surface area contributed by atoms with E-state index in [2.05, 4.69) is 15.2 Å². The van der Waals surface area contributed by atoms with Crippen LogP contribution in [0.3, 0.4) is 0 Å². The molecule has 0 fully saturated rings. The molecular weight excluding hydrogens is 300 g/mol. The summed E-state index contributed by atoms with van der Waals surface area (Å²) in [5, 5.41) is 19.1. The summed E-state index contributed by atoms with van der Waals surface area (Å²) in [7, 11) is 0. The lowest BCUT2D eigenvalue weighted by Crippen LogP contribution is -1.96. The van der Waals surface area contributed by atoms with Crippen molar-refractivity contribution in [2.45, 2.75) is 10.1 Å². The highest BCUT2D eigenvalue weighted by atomic mass is 32.2. The van der Waals surface area contributed by atoms with Crippen LogP contribution in [0.25, 0.3) is 5.65 Å². The summed E-state index contributed by atoms with van der Waals surface area (Å²) in [6.45, 7) is 0. The molecule has 0 aliphatic rings. The Balaban J connectivity index is 1.94. The molecule has 3 aromatic heterocycles. The van der Waals surface area contributed by atoms with Gasteiger partial charge in [-0.1, -0.05) is 29.2 Å². The second-order valence-corrected chi connectivity index (χ2v) is 5.99. The van der Waals surface area contributed by atoms with Crippen molar-refractivity contribution in [1.82, 2.24) is 19.6 Å². The highest BCUT2D eigenvalue weighted by molar-refractivity contribution is 8.00. The average Bonchev–Trinajstić information content (AvgIpc) is 2.99. The van der Waals surface area contributed by atoms with E-state index in [-0.39, 0.29) is 5.82 Å². The fourth-order valence-corrected chi connectivity index (χ4v) is 3.29. The third kappa shape index (κ3) is 2.30. The van der Waals surface area contributed by atoms with Gasteiger partial charge in [0, 0.05) is 6.07 Å². The van der Waals surface area contributed by atoms with Gasteiger partial charge in [-0.05, 0) is 11.0 Å². The number of thioether (sulfide) groups is 1. The van der Waals surface area contributed by atoms with Crippen molar-refractivity contribution in [3.05, 3.63) is 40.2 Å². The summed E-state index contributed by atoms with van der Waals surface area (Å²) < 4.78 is 2.12. The molecule has 0 unspecified atom stereocenters. The van der Waals surface area contributed by atoms with E-state index in [1.54, 1.807) is 24.4 Å². The summed E-state index contributed by atoms with van der Waals surface area (Å²) in [5.41, 5.74) is 6.44. The number of nitrogen functional groups attached to an aromatic ring is 1. The largest absolute Gasteiger partial charge is 0.374 e. The molecule has 20 heavy (non-hydrogen) atoms. The van der Waals surface area contributed by atoms with Crippen molar-refractivity contribution in [2.24, 2.45) is 0 Å². The molecule has 0 bridgehead atoms. The molecule has 8 nitrogen and oxygen atoms in total. The van der Waals surface area contributed by atoms with Crippen LogP contribution in [-0.2, 0) is 5.75 Å². The van der Waals surface area contributed by atoms with Gasteiger partial charge in [0.2, 0.25) is 10.8 Å². The molecule has 10 heteroatoms. The number of hydrogen-bond acceptors (Lipinski definition) is 8. The quantitative estimate of drug-likeness (QED) is 0.445. The van der Waals surface area contributed by atoms with Gasteiger partial charge >= 0.3 is 5.82 Å². The van der Waals surface area contributed by atoms with Gasteiger partial charge in [-0.25, -0.2) is 4.98 Å². The fraction of sp³-hybridized carbons (Fsp3) is 0.100. The van der Waals surface area contributed by atoms with Gasteiger partial charge < -0.3 is 15.8 Å². The number of nitrogens with zero attached hydrogens (tertiary/aromatic N) is 5. The number of aromatic nitrogens is 4. The predicted molar refractivity (Wildman–Crippen MR) is 75.7 cm³/mol. The van der Waals surface area contributed by atoms with Gasteiger partial charge in [0.15, 0.2) is 4.34 Å². The first-order valence-electron chi connectivity index (χ1n) is 5.47. The van der Waals surface area contributed by atoms with Crippen molar-refractivity contribution in [2.75, 3.05) is 5.73 Å². The maximum atomic E-state index is 11.2. The second kappa shape index (κ2) is 5.06. The Morgan fingerprint density at radius 2 is 2.30 bits per heavy atom. The normalized spacial score (nSPS) is 11.0. The molecule has 0 aliphatic carbocycles. The Labute approximate surface area is 120 Å². The molecule has 0 saturated heterocycles. The summed E-state index contributed by atoms with van der Waals surface area (Å²) in [6, 6.07) is 5.24. The van der Waals surface area contributed by atoms with Gasteiger partial charge in [0.05, 0.1) is 11.9 Å². The van der Waals surface area contributed by atoms with Gasteiger partial charge in [0.25, 0.3) is 0 Å². The first-order valence-corrected chi connectivity index (χ1v) is 7.27. The van der Waals surface area contributed by atoms with Crippen LogP contribution in [0.4, 0.5) is 10.9 Å². The van der Waals surface area contributed by atoms with E-state index in [0.29, 0.717) is 26.6 Å². The van der Waals surface area contributed by atoms with Gasteiger partial charge in [-0.15, -0.1) is 10.2 Å². The van der Waals surface area contributed by atoms with E-state index in [9.17, 15) is 10.1 Å². The molecule has 3 rings (SSSR count). The first-order chi connectivity index (χ1) is 9.65. The SMILES string of the molecule is Nc1nnc(SCc2nc3ccccn3c2[N+](=O)[O-])s1. The molecular formula is C10H8N6O2S2. The number of hydrogen-bond donors (Lipinski definition) is 1. The maximum absolute atomic E-state index is 11.2. The van der Waals surface area contributed by atoms with E-state index in [1.807, 2.05) is 0 Å². The van der Waals surface area contributed by atoms with Crippen molar-refractivity contribution in [3.63, 3.8) is 0 Å². The second-order valence-electron chi connectivity index (χ2n) is 3.76. The number of imidazole rings is 1. The Hall–Kier alpha value is -2.20. The maximum Gasteiger partial charge on any atom is 0.351 e. The zero-order valence-corrected chi connectivity index (χ0v) is 11.6. The van der Waals surface area contributed by atoms with Crippen LogP contribution >= 0.6 is 23.1 Å². The van der Waals surface area contributed by atoms with Crippen LogP contribution in [0.2, 0.25) is 0 Å². The monoisotopic (exact) mass is 308 g/mol. The van der Waals surface area contributed by atoms with Crippen LogP contribution < -0.4 is 5.73 Å². The predicted octanol–water partition coefficient (Wildman–Crippen LogP) is 1.97. The molecule has 0 atom stereocenters. The third-order valence-corrected chi connectivity index (χ3v) is 4.40. The number of pyridine rings is 1. The number of rotatable bonds is 4. The van der Waals surface area contributed by atoms with Crippen molar-refractivity contribution >= 4 is 39.7 Å². The molecule has 0 radical (unpaired) electrons. The van der Waals surface area contributed by atoms with Crippen molar-refractivity contribution in [3.8, 4) is 0 Å². The van der Waals surface area contributed by atoms with Gasteiger partial charge in [-0.3, -0.25) is 0 Å². The minimum atomic E-state index is -0.426. The van der Waals surface area contributed by atoms with Crippen LogP contribution in [0.1, 0.15) is 5.69 Å². The molecule has 102 valence electrons. The molecule has 2 N–H and O–H groups in total. The zero-order chi connectivity index (χ0) is 14.1. The van der Waals surface area contributed by atoms with Crippen LogP contribution in [0.5, 0.6) is 0 Å². The first kappa shape index (κ1) is 12.8. The van der Waals surface area contributed by atoms with E-state index < -0.39 is 4.92 Å². The molecule has 0 spiro atoms. The highest BCUT2D eigenvalue weighted by Gasteiger charge is 2.22. The molecule has 3 aromatic rings. The van der Waals surface area contributed by atoms with Gasteiger partial charge in [-0.2, -0.15) is 4.40 Å². The van der Waals surface area contributed by atoms with E-state index in [0.717, 1.165) is 0 Å². The zero-order valence-electron chi connectivity index (χ0n) is 9.96. The smallest absolute Gasteiger partial charge is 0.351 e. The topological polar surface area (TPSA) is 112 Å². The summed E-state index contributed by atoms with van der Waals surface area (Å²) >= 11 is 2.57. The lowest BCUT2D eigenvalue weighted by Gasteiger charge is -1.96. The minimum Gasteiger partial charge on any atom is -0.374 e.